The lowest BCUT2D eigenvalue weighted by molar-refractivity contribution is -0.440. The van der Waals surface area contributed by atoms with Gasteiger partial charge < -0.3 is 4.74 Å². The summed E-state index contributed by atoms with van der Waals surface area (Å²) < 4.78 is 178. The Bertz CT molecular complexity index is 1180. The van der Waals surface area contributed by atoms with Crippen molar-refractivity contribution < 1.29 is 61.8 Å². The Morgan fingerprint density at radius 1 is 0.565 bits per heavy atom. The van der Waals surface area contributed by atoms with Crippen molar-refractivity contribution >= 4 is 0 Å². The summed E-state index contributed by atoms with van der Waals surface area (Å²) in [7, 11) is 0. The minimum Gasteiger partial charge on any atom is -0.494 e. The van der Waals surface area contributed by atoms with Crippen LogP contribution in [-0.2, 0) is 6.42 Å². The van der Waals surface area contributed by atoms with Crippen molar-refractivity contribution in [1.29, 1.82) is 0 Å². The Labute approximate surface area is 258 Å². The average molecular weight is 686 g/mol. The first-order chi connectivity index (χ1) is 21.2. The van der Waals surface area contributed by atoms with Crippen LogP contribution in [0.2, 0.25) is 0 Å². The van der Waals surface area contributed by atoms with Crippen LogP contribution >= 0.6 is 0 Å². The van der Waals surface area contributed by atoms with E-state index in [1.807, 2.05) is 12.1 Å². The highest BCUT2D eigenvalue weighted by atomic mass is 19.4. The van der Waals surface area contributed by atoms with E-state index in [1.54, 1.807) is 24.3 Å². The summed E-state index contributed by atoms with van der Waals surface area (Å²) in [6.45, 7) is 2.77. The molecule has 0 saturated heterocycles. The number of unbranched alkanes of at least 4 members (excludes halogenated alkanes) is 8. The number of nitrogens with zero attached hydrogens (tertiary/aromatic N) is 1. The summed E-state index contributed by atoms with van der Waals surface area (Å²) >= 11 is 0. The molecule has 0 amide bonds. The summed E-state index contributed by atoms with van der Waals surface area (Å²) in [4.78, 5) is 4.30. The monoisotopic (exact) mass is 685 g/mol. The highest BCUT2D eigenvalue weighted by Gasteiger charge is 2.90. The normalized spacial score (nSPS) is 13.7. The number of halogens is 13. The van der Waals surface area contributed by atoms with Gasteiger partial charge in [-0.2, -0.15) is 57.1 Å². The molecular weight excluding hydrogens is 649 g/mol. The SMILES string of the molecule is CCCCCCCCCOc1ccc(-c2ccc(CCCCCC(F)(F)C(F)(F)C(F)(F)C(F)(F)C(F)(F)C(F)(F)F)cn2)cc1. The lowest BCUT2D eigenvalue weighted by atomic mass is 9.91. The maximum absolute atomic E-state index is 13.9. The second-order valence-corrected chi connectivity index (χ2v) is 11.1. The van der Waals surface area contributed by atoms with Crippen molar-refractivity contribution in [2.45, 2.75) is 120 Å². The van der Waals surface area contributed by atoms with Crippen LogP contribution in [0.5, 0.6) is 5.75 Å². The number of ether oxygens (including phenoxy) is 1. The molecule has 0 bridgehead atoms. The predicted octanol–water partition coefficient (Wildman–Crippen LogP) is 11.7. The lowest BCUT2D eigenvalue weighted by Gasteiger charge is -2.39. The van der Waals surface area contributed by atoms with Crippen molar-refractivity contribution in [2.24, 2.45) is 0 Å². The van der Waals surface area contributed by atoms with E-state index in [-0.39, 0.29) is 19.3 Å². The molecule has 2 aromatic rings. The predicted molar refractivity (Wildman–Crippen MR) is 146 cm³/mol. The number of rotatable bonds is 20. The van der Waals surface area contributed by atoms with Crippen molar-refractivity contribution in [2.75, 3.05) is 6.61 Å². The number of hydrogen-bond acceptors (Lipinski definition) is 2. The third-order valence-corrected chi connectivity index (χ3v) is 7.45. The van der Waals surface area contributed by atoms with Gasteiger partial charge in [0.1, 0.15) is 5.75 Å². The summed E-state index contributed by atoms with van der Waals surface area (Å²) in [6.07, 6.45) is -1.03. The van der Waals surface area contributed by atoms with Crippen LogP contribution in [0.15, 0.2) is 42.6 Å². The van der Waals surface area contributed by atoms with Crippen LogP contribution in [0.4, 0.5) is 57.1 Å². The molecule has 0 aliphatic heterocycles. The van der Waals surface area contributed by atoms with E-state index < -0.39 is 48.6 Å². The first kappa shape index (κ1) is 39.4. The fourth-order valence-electron chi connectivity index (χ4n) is 4.53. The van der Waals surface area contributed by atoms with Crippen molar-refractivity contribution in [3.8, 4) is 17.0 Å². The zero-order valence-electron chi connectivity index (χ0n) is 25.0. The third kappa shape index (κ3) is 9.20. The largest absolute Gasteiger partial charge is 0.494 e. The fourth-order valence-corrected chi connectivity index (χ4v) is 4.53. The van der Waals surface area contributed by atoms with Gasteiger partial charge in [0.15, 0.2) is 0 Å². The van der Waals surface area contributed by atoms with Crippen LogP contribution in [0.1, 0.15) is 83.1 Å². The summed E-state index contributed by atoms with van der Waals surface area (Å²) in [5.41, 5.74) is 1.96. The van der Waals surface area contributed by atoms with Crippen LogP contribution < -0.4 is 4.74 Å². The van der Waals surface area contributed by atoms with E-state index in [1.165, 1.54) is 38.3 Å². The van der Waals surface area contributed by atoms with Crippen LogP contribution in [0.3, 0.4) is 0 Å². The lowest BCUT2D eigenvalue weighted by Crippen LogP contribution is -2.70. The maximum Gasteiger partial charge on any atom is 0.460 e. The molecule has 0 spiro atoms. The van der Waals surface area contributed by atoms with Gasteiger partial charge in [-0.25, -0.2) is 0 Å². The summed E-state index contributed by atoms with van der Waals surface area (Å²) in [6, 6.07) is 10.5. The van der Waals surface area contributed by atoms with Crippen LogP contribution in [0.25, 0.3) is 11.3 Å². The fraction of sp³-hybridized carbons (Fsp3) is 0.645. The van der Waals surface area contributed by atoms with Gasteiger partial charge in [-0.1, -0.05) is 57.9 Å². The van der Waals surface area contributed by atoms with E-state index in [9.17, 15) is 57.1 Å². The van der Waals surface area contributed by atoms with E-state index >= 15 is 0 Å². The maximum atomic E-state index is 13.9. The molecule has 0 unspecified atom stereocenters. The molecule has 15 heteroatoms. The minimum atomic E-state index is -7.87. The molecule has 1 aromatic heterocycles. The molecular formula is C31H36F13NO. The first-order valence-electron chi connectivity index (χ1n) is 14.9. The van der Waals surface area contributed by atoms with E-state index in [0.29, 0.717) is 23.6 Å². The standard InChI is InChI=1S/C31H36F13NO/c1-2-3-4-5-6-7-11-20-46-24-16-14-23(15-17-24)25-18-13-22(21-45-25)12-9-8-10-19-26(32,33)27(34,35)28(36,37)29(38,39)30(40,41)31(42,43)44/h13-18,21H,2-12,19-20H2,1H3. The highest BCUT2D eigenvalue weighted by molar-refractivity contribution is 5.60. The number of pyridine rings is 1. The van der Waals surface area contributed by atoms with Gasteiger partial charge in [0.25, 0.3) is 0 Å². The molecule has 262 valence electrons. The highest BCUT2D eigenvalue weighted by Crippen LogP contribution is 2.60. The average Bonchev–Trinajstić information content (AvgIpc) is 2.98. The molecule has 46 heavy (non-hydrogen) atoms. The number of alkyl halides is 13. The molecule has 0 fully saturated rings. The van der Waals surface area contributed by atoms with Crippen LogP contribution in [0, 0.1) is 0 Å². The van der Waals surface area contributed by atoms with Gasteiger partial charge in [0.05, 0.1) is 12.3 Å². The number of aromatic nitrogens is 1. The first-order valence-corrected chi connectivity index (χ1v) is 14.9. The Hall–Kier alpha value is -2.74. The number of aryl methyl sites for hydroxylation is 1. The van der Waals surface area contributed by atoms with Gasteiger partial charge in [-0.3, -0.25) is 4.98 Å². The molecule has 0 aliphatic rings. The number of hydrogen-bond donors (Lipinski definition) is 0. The number of benzene rings is 1. The molecule has 2 nitrogen and oxygen atoms in total. The molecule has 2 rings (SSSR count). The van der Waals surface area contributed by atoms with E-state index in [2.05, 4.69) is 11.9 Å². The Morgan fingerprint density at radius 3 is 1.65 bits per heavy atom. The Morgan fingerprint density at radius 2 is 1.11 bits per heavy atom. The molecule has 0 atom stereocenters. The molecule has 0 aliphatic carbocycles. The van der Waals surface area contributed by atoms with Gasteiger partial charge in [0.2, 0.25) is 0 Å². The van der Waals surface area contributed by atoms with Crippen molar-refractivity contribution in [3.63, 3.8) is 0 Å². The van der Waals surface area contributed by atoms with E-state index in [0.717, 1.165) is 18.4 Å². The van der Waals surface area contributed by atoms with Crippen molar-refractivity contribution in [3.05, 3.63) is 48.2 Å². The summed E-state index contributed by atoms with van der Waals surface area (Å²) in [5, 5.41) is 0. The summed E-state index contributed by atoms with van der Waals surface area (Å²) in [5.74, 6) is -35.9. The second kappa shape index (κ2) is 15.9. The minimum absolute atomic E-state index is 0.0339. The molecule has 1 heterocycles. The van der Waals surface area contributed by atoms with Gasteiger partial charge in [0, 0.05) is 18.2 Å². The Balaban J connectivity index is 1.83. The Kier molecular flexibility index (Phi) is 13.6. The van der Waals surface area contributed by atoms with Crippen LogP contribution in [-0.4, -0.2) is 47.4 Å². The molecule has 0 radical (unpaired) electrons. The topological polar surface area (TPSA) is 22.1 Å². The quantitative estimate of drug-likeness (QED) is 0.102. The van der Waals surface area contributed by atoms with Gasteiger partial charge in [-0.05, 0) is 61.6 Å². The van der Waals surface area contributed by atoms with E-state index in [4.69, 9.17) is 4.74 Å². The van der Waals surface area contributed by atoms with Crippen molar-refractivity contribution in [1.82, 2.24) is 4.98 Å². The van der Waals surface area contributed by atoms with Gasteiger partial charge in [-0.15, -0.1) is 0 Å². The molecule has 0 saturated carbocycles. The zero-order chi connectivity index (χ0) is 34.9. The smallest absolute Gasteiger partial charge is 0.460 e. The molecule has 0 N–H and O–H groups in total. The molecule has 1 aromatic carbocycles. The van der Waals surface area contributed by atoms with Gasteiger partial charge >= 0.3 is 35.8 Å². The zero-order valence-corrected chi connectivity index (χ0v) is 25.0. The third-order valence-electron chi connectivity index (χ3n) is 7.45. The second-order valence-electron chi connectivity index (χ2n) is 11.1.